The quantitative estimate of drug-likeness (QED) is 0.471. The Hall–Kier alpha value is -3.30. The van der Waals surface area contributed by atoms with Crippen molar-refractivity contribution in [1.82, 2.24) is 0 Å². The molecule has 0 atom stereocenters. The lowest BCUT2D eigenvalue weighted by Gasteiger charge is -2.10. The molecule has 1 N–H and O–H groups in total. The maximum Gasteiger partial charge on any atom is 0.416 e. The lowest BCUT2D eigenvalue weighted by molar-refractivity contribution is -0.384. The van der Waals surface area contributed by atoms with Crippen molar-refractivity contribution in [3.8, 4) is 11.5 Å². The van der Waals surface area contributed by atoms with Gasteiger partial charge in [0, 0.05) is 11.6 Å². The third-order valence-corrected chi connectivity index (χ3v) is 3.34. The molecule has 2 aromatic carbocycles. The van der Waals surface area contributed by atoms with Gasteiger partial charge < -0.3 is 9.47 Å². The standard InChI is InChI=1S/C16H14F3N3O4/c1-25-14-5-3-4-10(15(14)26-2)9-20-21-12-7-6-11(16(17,18)19)8-13(12)22(23)24/h3-9,21H,1-2H3/b20-9+. The average Bonchev–Trinajstić information content (AvgIpc) is 2.60. The molecule has 0 bridgehead atoms. The number of ether oxygens (including phenoxy) is 2. The monoisotopic (exact) mass is 369 g/mol. The fraction of sp³-hybridized carbons (Fsp3) is 0.188. The predicted molar refractivity (Wildman–Crippen MR) is 88.9 cm³/mol. The molecule has 0 unspecified atom stereocenters. The molecule has 26 heavy (non-hydrogen) atoms. The van der Waals surface area contributed by atoms with Crippen molar-refractivity contribution in [1.29, 1.82) is 0 Å². The van der Waals surface area contributed by atoms with E-state index in [1.165, 1.54) is 20.4 Å². The third-order valence-electron chi connectivity index (χ3n) is 3.34. The zero-order valence-corrected chi connectivity index (χ0v) is 13.7. The van der Waals surface area contributed by atoms with Gasteiger partial charge in [0.2, 0.25) is 0 Å². The molecule has 0 heterocycles. The largest absolute Gasteiger partial charge is 0.493 e. The highest BCUT2D eigenvalue weighted by atomic mass is 19.4. The van der Waals surface area contributed by atoms with Crippen molar-refractivity contribution < 1.29 is 27.6 Å². The van der Waals surface area contributed by atoms with Gasteiger partial charge in [0.05, 0.1) is 30.9 Å². The number of nitrogens with one attached hydrogen (secondary N) is 1. The number of nitro groups is 1. The van der Waals surface area contributed by atoms with E-state index in [0.717, 1.165) is 12.1 Å². The zero-order chi connectivity index (χ0) is 19.3. The first-order chi connectivity index (χ1) is 12.3. The molecule has 0 aliphatic rings. The Kier molecular flexibility index (Phi) is 5.65. The van der Waals surface area contributed by atoms with E-state index in [-0.39, 0.29) is 5.69 Å². The number of hydrogen-bond donors (Lipinski definition) is 1. The Labute approximate surface area is 146 Å². The van der Waals surface area contributed by atoms with Crippen LogP contribution in [0.25, 0.3) is 0 Å². The summed E-state index contributed by atoms with van der Waals surface area (Å²) in [7, 11) is 2.89. The van der Waals surface area contributed by atoms with Gasteiger partial charge in [-0.05, 0) is 24.3 Å². The summed E-state index contributed by atoms with van der Waals surface area (Å²) in [4.78, 5) is 10.1. The van der Waals surface area contributed by atoms with Gasteiger partial charge in [-0.25, -0.2) is 0 Å². The number of rotatable bonds is 6. The molecule has 2 rings (SSSR count). The van der Waals surface area contributed by atoms with E-state index in [9.17, 15) is 23.3 Å². The number of hydrazone groups is 1. The second kappa shape index (κ2) is 7.72. The Balaban J connectivity index is 2.30. The van der Waals surface area contributed by atoms with Gasteiger partial charge in [0.1, 0.15) is 5.69 Å². The zero-order valence-electron chi connectivity index (χ0n) is 13.7. The van der Waals surface area contributed by atoms with Gasteiger partial charge in [-0.2, -0.15) is 18.3 Å². The van der Waals surface area contributed by atoms with Crippen LogP contribution in [-0.4, -0.2) is 25.4 Å². The summed E-state index contributed by atoms with van der Waals surface area (Å²) in [6, 6.07) is 7.14. The van der Waals surface area contributed by atoms with Crippen molar-refractivity contribution in [3.05, 3.63) is 57.6 Å². The molecule has 7 nitrogen and oxygen atoms in total. The van der Waals surface area contributed by atoms with Crippen molar-refractivity contribution in [2.75, 3.05) is 19.6 Å². The van der Waals surface area contributed by atoms with Gasteiger partial charge in [-0.1, -0.05) is 6.07 Å². The van der Waals surface area contributed by atoms with E-state index in [2.05, 4.69) is 10.5 Å². The van der Waals surface area contributed by atoms with Crippen LogP contribution >= 0.6 is 0 Å². The minimum atomic E-state index is -4.68. The van der Waals surface area contributed by atoms with E-state index >= 15 is 0 Å². The second-order valence-electron chi connectivity index (χ2n) is 4.94. The van der Waals surface area contributed by atoms with Crippen molar-refractivity contribution in [2.24, 2.45) is 5.10 Å². The normalized spacial score (nSPS) is 11.4. The van der Waals surface area contributed by atoms with Crippen molar-refractivity contribution in [3.63, 3.8) is 0 Å². The molecule has 0 aliphatic heterocycles. The van der Waals surface area contributed by atoms with Crippen LogP contribution in [-0.2, 0) is 6.18 Å². The lowest BCUT2D eigenvalue weighted by Crippen LogP contribution is -2.06. The summed E-state index contributed by atoms with van der Waals surface area (Å²) >= 11 is 0. The van der Waals surface area contributed by atoms with E-state index in [1.807, 2.05) is 0 Å². The molecule has 0 saturated heterocycles. The van der Waals surface area contributed by atoms with Crippen LogP contribution in [0, 0.1) is 10.1 Å². The van der Waals surface area contributed by atoms with Crippen LogP contribution in [0.5, 0.6) is 11.5 Å². The number of nitrogens with zero attached hydrogens (tertiary/aromatic N) is 2. The number of halogens is 3. The number of benzene rings is 2. The molecule has 0 amide bonds. The molecule has 0 radical (unpaired) electrons. The average molecular weight is 369 g/mol. The minimum Gasteiger partial charge on any atom is -0.493 e. The van der Waals surface area contributed by atoms with Gasteiger partial charge in [0.15, 0.2) is 11.5 Å². The molecule has 0 aliphatic carbocycles. The van der Waals surface area contributed by atoms with Crippen LogP contribution < -0.4 is 14.9 Å². The smallest absolute Gasteiger partial charge is 0.416 e. The van der Waals surface area contributed by atoms with Gasteiger partial charge in [0.25, 0.3) is 5.69 Å². The molecule has 0 fully saturated rings. The Bertz CT molecular complexity index is 838. The van der Waals surface area contributed by atoms with E-state index in [1.54, 1.807) is 18.2 Å². The topological polar surface area (TPSA) is 86.0 Å². The van der Waals surface area contributed by atoms with Crippen LogP contribution in [0.15, 0.2) is 41.5 Å². The van der Waals surface area contributed by atoms with E-state index in [0.29, 0.717) is 23.1 Å². The summed E-state index contributed by atoms with van der Waals surface area (Å²) in [5.74, 6) is 0.847. The number of nitro benzene ring substituents is 1. The van der Waals surface area contributed by atoms with Crippen LogP contribution in [0.4, 0.5) is 24.5 Å². The number of para-hydroxylation sites is 1. The molecule has 10 heteroatoms. The summed E-state index contributed by atoms with van der Waals surface area (Å²) in [5, 5.41) is 14.9. The molecule has 2 aromatic rings. The summed E-state index contributed by atoms with van der Waals surface area (Å²) < 4.78 is 48.4. The number of alkyl halides is 3. The first-order valence-corrected chi connectivity index (χ1v) is 7.13. The number of hydrogen-bond acceptors (Lipinski definition) is 6. The summed E-state index contributed by atoms with van der Waals surface area (Å²) in [6.45, 7) is 0. The van der Waals surface area contributed by atoms with E-state index in [4.69, 9.17) is 9.47 Å². The Morgan fingerprint density at radius 1 is 1.19 bits per heavy atom. The second-order valence-corrected chi connectivity index (χ2v) is 4.94. The molecule has 138 valence electrons. The van der Waals surface area contributed by atoms with Gasteiger partial charge >= 0.3 is 6.18 Å². The van der Waals surface area contributed by atoms with E-state index < -0.39 is 22.4 Å². The first-order valence-electron chi connectivity index (χ1n) is 7.13. The maximum absolute atomic E-state index is 12.7. The molecule has 0 aromatic heterocycles. The molecular formula is C16H14F3N3O4. The summed E-state index contributed by atoms with van der Waals surface area (Å²) in [5.41, 5.74) is 0.845. The molecule has 0 spiro atoms. The van der Waals surface area contributed by atoms with Crippen molar-refractivity contribution >= 4 is 17.6 Å². The Morgan fingerprint density at radius 2 is 1.92 bits per heavy atom. The van der Waals surface area contributed by atoms with Gasteiger partial charge in [-0.15, -0.1) is 0 Å². The number of methoxy groups -OCH3 is 2. The molecule has 0 saturated carbocycles. The fourth-order valence-electron chi connectivity index (χ4n) is 2.14. The highest BCUT2D eigenvalue weighted by molar-refractivity contribution is 5.85. The highest BCUT2D eigenvalue weighted by Gasteiger charge is 2.33. The lowest BCUT2D eigenvalue weighted by atomic mass is 10.1. The van der Waals surface area contributed by atoms with Crippen molar-refractivity contribution in [2.45, 2.75) is 6.18 Å². The fourth-order valence-corrected chi connectivity index (χ4v) is 2.14. The third kappa shape index (κ3) is 4.21. The first kappa shape index (κ1) is 19.0. The van der Waals surface area contributed by atoms with Crippen LogP contribution in [0.2, 0.25) is 0 Å². The predicted octanol–water partition coefficient (Wildman–Crippen LogP) is 4.08. The minimum absolute atomic E-state index is 0.180. The van der Waals surface area contributed by atoms with Gasteiger partial charge in [-0.3, -0.25) is 15.5 Å². The number of anilines is 1. The molecular weight excluding hydrogens is 355 g/mol. The summed E-state index contributed by atoms with van der Waals surface area (Å²) in [6.07, 6.45) is -3.37. The Morgan fingerprint density at radius 3 is 2.50 bits per heavy atom. The van der Waals surface area contributed by atoms with Crippen LogP contribution in [0.1, 0.15) is 11.1 Å². The van der Waals surface area contributed by atoms with Crippen LogP contribution in [0.3, 0.4) is 0 Å². The SMILES string of the molecule is COc1cccc(/C=N/Nc2ccc(C(F)(F)F)cc2[N+](=O)[O-])c1OC. The highest BCUT2D eigenvalue weighted by Crippen LogP contribution is 2.35. The maximum atomic E-state index is 12.7.